The summed E-state index contributed by atoms with van der Waals surface area (Å²) in [5.41, 5.74) is 5.86. The molecule has 0 unspecified atom stereocenters. The molecule has 0 amide bonds. The minimum absolute atomic E-state index is 0.185. The molecule has 0 spiro atoms. The number of carbonyl (C=O) groups is 1. The monoisotopic (exact) mass is 693 g/mol. The van der Waals surface area contributed by atoms with Gasteiger partial charge in [0.25, 0.3) is 5.56 Å². The fraction of sp³-hybridized carbons (Fsp3) is 0.139. The maximum atomic E-state index is 14.4. The molecule has 7 rings (SSSR count). The first-order chi connectivity index (χ1) is 21.9. The van der Waals surface area contributed by atoms with Gasteiger partial charge in [-0.1, -0.05) is 94.0 Å². The molecule has 45 heavy (non-hydrogen) atoms. The van der Waals surface area contributed by atoms with Gasteiger partial charge in [0, 0.05) is 43.6 Å². The molecule has 0 saturated heterocycles. The van der Waals surface area contributed by atoms with Crippen molar-refractivity contribution in [1.29, 1.82) is 0 Å². The fourth-order valence-electron chi connectivity index (χ4n) is 5.90. The van der Waals surface area contributed by atoms with Crippen LogP contribution in [0.15, 0.2) is 116 Å². The van der Waals surface area contributed by atoms with Gasteiger partial charge in [-0.15, -0.1) is 11.3 Å². The van der Waals surface area contributed by atoms with Crippen molar-refractivity contribution in [3.05, 3.63) is 153 Å². The highest BCUT2D eigenvalue weighted by molar-refractivity contribution is 9.10. The Morgan fingerprint density at radius 1 is 1.00 bits per heavy atom. The van der Waals surface area contributed by atoms with Gasteiger partial charge < -0.3 is 9.30 Å². The maximum Gasteiger partial charge on any atom is 0.338 e. The van der Waals surface area contributed by atoms with E-state index in [2.05, 4.69) is 63.8 Å². The van der Waals surface area contributed by atoms with Crippen LogP contribution in [0.1, 0.15) is 40.2 Å². The lowest BCUT2D eigenvalue weighted by atomic mass is 9.97. The maximum absolute atomic E-state index is 14.4. The van der Waals surface area contributed by atoms with Gasteiger partial charge in [-0.05, 0) is 55.1 Å². The number of hydrogen-bond acceptors (Lipinski definition) is 6. The summed E-state index contributed by atoms with van der Waals surface area (Å²) in [7, 11) is 0. The van der Waals surface area contributed by atoms with Crippen LogP contribution in [0.4, 0.5) is 0 Å². The number of nitrogens with zero attached hydrogens (tertiary/aromatic N) is 3. The lowest BCUT2D eigenvalue weighted by molar-refractivity contribution is -0.138. The molecule has 0 fully saturated rings. The van der Waals surface area contributed by atoms with Crippen LogP contribution in [0.25, 0.3) is 22.7 Å². The molecule has 1 aliphatic rings. The molecule has 3 aromatic carbocycles. The van der Waals surface area contributed by atoms with Crippen LogP contribution in [-0.2, 0) is 16.1 Å². The van der Waals surface area contributed by atoms with Gasteiger partial charge in [0.05, 0.1) is 22.4 Å². The normalized spacial score (nSPS) is 14.9. The molecule has 6 nitrogen and oxygen atoms in total. The molecule has 0 saturated carbocycles. The molecule has 224 valence electrons. The van der Waals surface area contributed by atoms with Gasteiger partial charge in [-0.25, -0.2) is 9.79 Å². The highest BCUT2D eigenvalue weighted by atomic mass is 79.9. The van der Waals surface area contributed by atoms with Crippen molar-refractivity contribution in [2.45, 2.75) is 26.4 Å². The van der Waals surface area contributed by atoms with Crippen molar-refractivity contribution >= 4 is 67.2 Å². The molecule has 4 heterocycles. The van der Waals surface area contributed by atoms with Crippen molar-refractivity contribution in [2.75, 3.05) is 6.61 Å². The number of aromatic nitrogens is 2. The van der Waals surface area contributed by atoms with Crippen molar-refractivity contribution in [2.24, 2.45) is 4.99 Å². The Morgan fingerprint density at radius 3 is 2.49 bits per heavy atom. The second kappa shape index (κ2) is 12.2. The number of hydrogen-bond donors (Lipinski definition) is 0. The third-order valence-electron chi connectivity index (χ3n) is 8.00. The van der Waals surface area contributed by atoms with Gasteiger partial charge in [0.2, 0.25) is 0 Å². The van der Waals surface area contributed by atoms with Gasteiger partial charge in [-0.2, -0.15) is 0 Å². The average Bonchev–Trinajstić information content (AvgIpc) is 3.77. The van der Waals surface area contributed by atoms with E-state index < -0.39 is 12.0 Å². The van der Waals surface area contributed by atoms with Crippen LogP contribution in [0, 0.1) is 6.92 Å². The van der Waals surface area contributed by atoms with E-state index in [0.29, 0.717) is 27.1 Å². The summed E-state index contributed by atoms with van der Waals surface area (Å²) in [4.78, 5) is 34.4. The van der Waals surface area contributed by atoms with Crippen LogP contribution in [0.5, 0.6) is 0 Å². The van der Waals surface area contributed by atoms with Crippen LogP contribution >= 0.6 is 38.6 Å². The largest absolute Gasteiger partial charge is 0.463 e. The Bertz CT molecular complexity index is 2260. The molecular formula is C36H28BrN3O3S2. The predicted octanol–water partition coefficient (Wildman–Crippen LogP) is 7.07. The Morgan fingerprint density at radius 2 is 1.76 bits per heavy atom. The molecule has 0 bridgehead atoms. The van der Waals surface area contributed by atoms with Crippen LogP contribution < -0.4 is 14.9 Å². The second-order valence-corrected chi connectivity index (χ2v) is 13.6. The number of para-hydroxylation sites is 1. The van der Waals surface area contributed by atoms with E-state index in [1.165, 1.54) is 28.2 Å². The summed E-state index contributed by atoms with van der Waals surface area (Å²) in [5.74, 6) is -0.473. The topological polar surface area (TPSA) is 65.6 Å². The van der Waals surface area contributed by atoms with Crippen molar-refractivity contribution < 1.29 is 9.53 Å². The molecule has 3 aromatic heterocycles. The van der Waals surface area contributed by atoms with E-state index in [1.807, 2.05) is 66.1 Å². The number of benzene rings is 3. The number of thiophene rings is 1. The van der Waals surface area contributed by atoms with Crippen molar-refractivity contribution in [3.63, 3.8) is 0 Å². The number of fused-ring (bicyclic) bond motifs is 2. The Balaban J connectivity index is 1.45. The SMILES string of the molecule is CCOC(=O)C1=C(c2ccccc2)N=c2s/c(=C\c3c(C)n(Cc4ccc(Br)cc4)c4ccccc34)c(=O)n2[C@@H]1c1cccs1. The quantitative estimate of drug-likeness (QED) is 0.168. The van der Waals surface area contributed by atoms with E-state index >= 15 is 0 Å². The number of halogens is 1. The summed E-state index contributed by atoms with van der Waals surface area (Å²) < 4.78 is 11.1. The molecule has 6 aromatic rings. The molecule has 1 atom stereocenters. The average molecular weight is 695 g/mol. The number of esters is 1. The van der Waals surface area contributed by atoms with E-state index in [0.717, 1.165) is 37.1 Å². The minimum atomic E-state index is -0.655. The fourth-order valence-corrected chi connectivity index (χ4v) is 7.97. The van der Waals surface area contributed by atoms with Crippen LogP contribution in [-0.4, -0.2) is 21.7 Å². The zero-order valence-electron chi connectivity index (χ0n) is 24.6. The summed E-state index contributed by atoms with van der Waals surface area (Å²) in [6, 6.07) is 29.5. The van der Waals surface area contributed by atoms with E-state index in [1.54, 1.807) is 11.5 Å². The standard InChI is InChI=1S/C36H28BrN3O3S2/c1-3-43-35(42)31-32(24-10-5-4-6-11-24)38-36-40(33(31)29-14-9-19-44-29)34(41)30(45-36)20-27-22(2)39(28-13-8-7-12-26(27)28)21-23-15-17-25(37)18-16-23/h4-20,33H,3,21H2,1-2H3/b30-20-/t33-/m1/s1. The highest BCUT2D eigenvalue weighted by Gasteiger charge is 2.35. The zero-order valence-corrected chi connectivity index (χ0v) is 27.8. The first-order valence-corrected chi connectivity index (χ1v) is 17.1. The lowest BCUT2D eigenvalue weighted by Crippen LogP contribution is -2.39. The molecule has 0 N–H and O–H groups in total. The van der Waals surface area contributed by atoms with Crippen molar-refractivity contribution in [3.8, 4) is 0 Å². The lowest BCUT2D eigenvalue weighted by Gasteiger charge is -2.24. The summed E-state index contributed by atoms with van der Waals surface area (Å²) in [5, 5.41) is 3.03. The van der Waals surface area contributed by atoms with E-state index in [-0.39, 0.29) is 12.2 Å². The predicted molar refractivity (Wildman–Crippen MR) is 185 cm³/mol. The summed E-state index contributed by atoms with van der Waals surface area (Å²) in [6.45, 7) is 4.81. The van der Waals surface area contributed by atoms with Gasteiger partial charge in [-0.3, -0.25) is 9.36 Å². The van der Waals surface area contributed by atoms with E-state index in [4.69, 9.17) is 9.73 Å². The van der Waals surface area contributed by atoms with Crippen LogP contribution in [0.2, 0.25) is 0 Å². The third-order valence-corrected chi connectivity index (χ3v) is 10.4. The Labute approximate surface area is 276 Å². The highest BCUT2D eigenvalue weighted by Crippen LogP contribution is 2.37. The molecular weight excluding hydrogens is 666 g/mol. The smallest absolute Gasteiger partial charge is 0.338 e. The molecule has 0 radical (unpaired) electrons. The van der Waals surface area contributed by atoms with Gasteiger partial charge in [0.15, 0.2) is 4.80 Å². The molecule has 1 aliphatic heterocycles. The molecule has 9 heteroatoms. The number of carbonyl (C=O) groups excluding carboxylic acids is 1. The Kier molecular flexibility index (Phi) is 7.99. The second-order valence-electron chi connectivity index (χ2n) is 10.7. The first kappa shape index (κ1) is 29.4. The third kappa shape index (κ3) is 5.35. The van der Waals surface area contributed by atoms with Crippen LogP contribution in [0.3, 0.4) is 0 Å². The Hall–Kier alpha value is -4.31. The number of ether oxygens (including phenoxy) is 1. The first-order valence-electron chi connectivity index (χ1n) is 14.6. The number of rotatable bonds is 7. The summed E-state index contributed by atoms with van der Waals surface area (Å²) in [6.07, 6.45) is 1.99. The van der Waals surface area contributed by atoms with Crippen molar-refractivity contribution in [1.82, 2.24) is 9.13 Å². The number of thiazole rings is 1. The molecule has 0 aliphatic carbocycles. The van der Waals surface area contributed by atoms with E-state index in [9.17, 15) is 9.59 Å². The summed E-state index contributed by atoms with van der Waals surface area (Å²) >= 11 is 6.39. The van der Waals surface area contributed by atoms with Gasteiger partial charge in [0.1, 0.15) is 6.04 Å². The van der Waals surface area contributed by atoms with Gasteiger partial charge >= 0.3 is 5.97 Å². The zero-order chi connectivity index (χ0) is 31.1. The minimum Gasteiger partial charge on any atom is -0.463 e.